The molecule has 1 unspecified atom stereocenters. The maximum Gasteiger partial charge on any atom is 0.130 e. The van der Waals surface area contributed by atoms with Crippen LogP contribution in [0.15, 0.2) is 0 Å². The van der Waals surface area contributed by atoms with Crippen LogP contribution in [0, 0.1) is 0 Å². The SMILES string of the molecule is CCN(C)C(O)COCCN(C)C. The van der Waals surface area contributed by atoms with E-state index in [0.717, 1.165) is 13.1 Å². The molecule has 0 heterocycles. The van der Waals surface area contributed by atoms with Gasteiger partial charge in [0, 0.05) is 6.54 Å². The summed E-state index contributed by atoms with van der Waals surface area (Å²) in [5.74, 6) is 0. The van der Waals surface area contributed by atoms with Gasteiger partial charge in [0.15, 0.2) is 0 Å². The Morgan fingerprint density at radius 1 is 1.31 bits per heavy atom. The quantitative estimate of drug-likeness (QED) is 0.447. The predicted molar refractivity (Wildman–Crippen MR) is 53.7 cm³/mol. The summed E-state index contributed by atoms with van der Waals surface area (Å²) in [5.41, 5.74) is 0. The first-order valence-corrected chi connectivity index (χ1v) is 4.68. The molecule has 80 valence electrons. The van der Waals surface area contributed by atoms with Crippen LogP contribution < -0.4 is 0 Å². The highest BCUT2D eigenvalue weighted by Crippen LogP contribution is 1.92. The second-order valence-electron chi connectivity index (χ2n) is 3.43. The highest BCUT2D eigenvalue weighted by Gasteiger charge is 2.08. The predicted octanol–water partition coefficient (Wildman–Crippen LogP) is -0.165. The van der Waals surface area contributed by atoms with E-state index in [1.54, 1.807) is 0 Å². The third kappa shape index (κ3) is 6.95. The zero-order chi connectivity index (χ0) is 10.3. The Balaban J connectivity index is 3.31. The normalized spacial score (nSPS) is 14.1. The summed E-state index contributed by atoms with van der Waals surface area (Å²) in [6.45, 7) is 4.78. The molecule has 0 aromatic carbocycles. The molecule has 0 aliphatic carbocycles. The van der Waals surface area contributed by atoms with Gasteiger partial charge in [-0.15, -0.1) is 0 Å². The van der Waals surface area contributed by atoms with Gasteiger partial charge in [-0.05, 0) is 27.7 Å². The van der Waals surface area contributed by atoms with Crippen molar-refractivity contribution in [3.63, 3.8) is 0 Å². The van der Waals surface area contributed by atoms with Gasteiger partial charge < -0.3 is 14.7 Å². The van der Waals surface area contributed by atoms with Gasteiger partial charge in [-0.1, -0.05) is 6.92 Å². The highest BCUT2D eigenvalue weighted by molar-refractivity contribution is 4.52. The molecule has 0 spiro atoms. The summed E-state index contributed by atoms with van der Waals surface area (Å²) in [4.78, 5) is 3.89. The lowest BCUT2D eigenvalue weighted by atomic mass is 10.5. The van der Waals surface area contributed by atoms with Crippen molar-refractivity contribution in [2.24, 2.45) is 0 Å². The molecule has 0 bridgehead atoms. The van der Waals surface area contributed by atoms with Crippen LogP contribution in [0.4, 0.5) is 0 Å². The molecule has 0 aliphatic rings. The number of aliphatic hydroxyl groups excluding tert-OH is 1. The molecule has 0 aromatic rings. The number of aliphatic hydroxyl groups is 1. The van der Waals surface area contributed by atoms with E-state index in [1.807, 2.05) is 33.0 Å². The molecule has 0 amide bonds. The third-order valence-corrected chi connectivity index (χ3v) is 1.96. The van der Waals surface area contributed by atoms with Crippen LogP contribution in [0.25, 0.3) is 0 Å². The zero-order valence-corrected chi connectivity index (χ0v) is 9.16. The van der Waals surface area contributed by atoms with E-state index in [1.165, 1.54) is 0 Å². The van der Waals surface area contributed by atoms with E-state index in [0.29, 0.717) is 13.2 Å². The Hall–Kier alpha value is -0.160. The van der Waals surface area contributed by atoms with Crippen molar-refractivity contribution in [1.29, 1.82) is 0 Å². The van der Waals surface area contributed by atoms with E-state index < -0.39 is 6.23 Å². The van der Waals surface area contributed by atoms with Crippen LogP contribution in [0.2, 0.25) is 0 Å². The van der Waals surface area contributed by atoms with E-state index >= 15 is 0 Å². The first kappa shape index (κ1) is 12.8. The van der Waals surface area contributed by atoms with Crippen LogP contribution in [0.5, 0.6) is 0 Å². The van der Waals surface area contributed by atoms with Gasteiger partial charge >= 0.3 is 0 Å². The Kier molecular flexibility index (Phi) is 7.17. The van der Waals surface area contributed by atoms with E-state index in [-0.39, 0.29) is 0 Å². The van der Waals surface area contributed by atoms with Gasteiger partial charge in [0.25, 0.3) is 0 Å². The maximum atomic E-state index is 9.47. The van der Waals surface area contributed by atoms with Crippen molar-refractivity contribution in [2.45, 2.75) is 13.2 Å². The number of rotatable bonds is 7. The molecular formula is C9H22N2O2. The van der Waals surface area contributed by atoms with Crippen molar-refractivity contribution in [1.82, 2.24) is 9.80 Å². The number of nitrogens with zero attached hydrogens (tertiary/aromatic N) is 2. The largest absolute Gasteiger partial charge is 0.376 e. The molecule has 0 radical (unpaired) electrons. The summed E-state index contributed by atoms with van der Waals surface area (Å²) in [5, 5.41) is 9.47. The van der Waals surface area contributed by atoms with Gasteiger partial charge in [-0.2, -0.15) is 0 Å². The third-order valence-electron chi connectivity index (χ3n) is 1.96. The number of hydrogen-bond acceptors (Lipinski definition) is 4. The molecule has 0 aliphatic heterocycles. The topological polar surface area (TPSA) is 35.9 Å². The Morgan fingerprint density at radius 3 is 2.38 bits per heavy atom. The molecule has 13 heavy (non-hydrogen) atoms. The summed E-state index contributed by atoms with van der Waals surface area (Å²) >= 11 is 0. The minimum absolute atomic E-state index is 0.387. The van der Waals surface area contributed by atoms with Crippen molar-refractivity contribution in [3.05, 3.63) is 0 Å². The molecular weight excluding hydrogens is 168 g/mol. The Morgan fingerprint density at radius 2 is 1.92 bits per heavy atom. The molecule has 0 saturated heterocycles. The molecule has 1 atom stereocenters. The van der Waals surface area contributed by atoms with Gasteiger partial charge in [-0.3, -0.25) is 4.90 Å². The smallest absolute Gasteiger partial charge is 0.130 e. The molecule has 0 aromatic heterocycles. The van der Waals surface area contributed by atoms with E-state index in [2.05, 4.69) is 4.90 Å². The number of hydrogen-bond donors (Lipinski definition) is 1. The molecule has 0 fully saturated rings. The van der Waals surface area contributed by atoms with Gasteiger partial charge in [0.05, 0.1) is 13.2 Å². The number of likely N-dealkylation sites (N-methyl/N-ethyl adjacent to an activating group) is 2. The van der Waals surface area contributed by atoms with Crippen molar-refractivity contribution < 1.29 is 9.84 Å². The summed E-state index contributed by atoms with van der Waals surface area (Å²) < 4.78 is 5.30. The van der Waals surface area contributed by atoms with Crippen molar-refractivity contribution >= 4 is 0 Å². The fourth-order valence-corrected chi connectivity index (χ4v) is 0.774. The summed E-state index contributed by atoms with van der Waals surface area (Å²) in [6, 6.07) is 0. The average Bonchev–Trinajstić information content (AvgIpc) is 2.10. The highest BCUT2D eigenvalue weighted by atomic mass is 16.5. The summed E-state index contributed by atoms with van der Waals surface area (Å²) in [7, 11) is 5.87. The first-order chi connectivity index (χ1) is 6.07. The van der Waals surface area contributed by atoms with Crippen LogP contribution in [0.3, 0.4) is 0 Å². The van der Waals surface area contributed by atoms with Gasteiger partial charge in [-0.25, -0.2) is 0 Å². The lowest BCUT2D eigenvalue weighted by Crippen LogP contribution is -2.35. The number of ether oxygens (including phenoxy) is 1. The van der Waals surface area contributed by atoms with E-state index in [9.17, 15) is 5.11 Å². The van der Waals surface area contributed by atoms with Gasteiger partial charge in [0.1, 0.15) is 6.23 Å². The zero-order valence-electron chi connectivity index (χ0n) is 9.16. The maximum absolute atomic E-state index is 9.47. The standard InChI is InChI=1S/C9H22N2O2/c1-5-11(4)9(12)8-13-7-6-10(2)3/h9,12H,5-8H2,1-4H3. The second-order valence-corrected chi connectivity index (χ2v) is 3.43. The minimum atomic E-state index is -0.479. The minimum Gasteiger partial charge on any atom is -0.376 e. The van der Waals surface area contributed by atoms with Crippen LogP contribution >= 0.6 is 0 Å². The van der Waals surface area contributed by atoms with Crippen LogP contribution in [0.1, 0.15) is 6.92 Å². The van der Waals surface area contributed by atoms with Crippen molar-refractivity contribution in [3.8, 4) is 0 Å². The molecule has 4 nitrogen and oxygen atoms in total. The second kappa shape index (κ2) is 7.26. The van der Waals surface area contributed by atoms with Gasteiger partial charge in [0.2, 0.25) is 0 Å². The Labute approximate surface area is 81.1 Å². The molecule has 4 heteroatoms. The lowest BCUT2D eigenvalue weighted by Gasteiger charge is -2.21. The van der Waals surface area contributed by atoms with Crippen LogP contribution in [-0.4, -0.2) is 68.6 Å². The molecule has 0 saturated carbocycles. The van der Waals surface area contributed by atoms with Crippen molar-refractivity contribution in [2.75, 3.05) is 47.4 Å². The molecule has 1 N–H and O–H groups in total. The van der Waals surface area contributed by atoms with E-state index in [4.69, 9.17) is 4.74 Å². The fourth-order valence-electron chi connectivity index (χ4n) is 0.774. The first-order valence-electron chi connectivity index (χ1n) is 4.68. The van der Waals surface area contributed by atoms with Crippen LogP contribution in [-0.2, 0) is 4.74 Å². The average molecular weight is 190 g/mol. The monoisotopic (exact) mass is 190 g/mol. The fraction of sp³-hybridized carbons (Fsp3) is 1.00. The lowest BCUT2D eigenvalue weighted by molar-refractivity contribution is -0.0468. The molecule has 0 rings (SSSR count). The Bertz CT molecular complexity index is 120. The summed E-state index contributed by atoms with van der Waals surface area (Å²) in [6.07, 6.45) is -0.479.